The summed E-state index contributed by atoms with van der Waals surface area (Å²) in [5.41, 5.74) is 4.86. The normalized spacial score (nSPS) is 18.7. The molecular weight excluding hydrogens is 336 g/mol. The predicted molar refractivity (Wildman–Crippen MR) is 110 cm³/mol. The van der Waals surface area contributed by atoms with Crippen LogP contribution in [0.5, 0.6) is 0 Å². The van der Waals surface area contributed by atoms with Gasteiger partial charge in [-0.25, -0.2) is 0 Å². The van der Waals surface area contributed by atoms with Gasteiger partial charge < -0.3 is 10.6 Å². The average molecular weight is 364 g/mol. The zero-order valence-corrected chi connectivity index (χ0v) is 16.7. The maximum atomic E-state index is 12.6. The molecule has 2 amide bonds. The highest BCUT2D eigenvalue weighted by molar-refractivity contribution is 6.03. The lowest BCUT2D eigenvalue weighted by Gasteiger charge is -2.23. The van der Waals surface area contributed by atoms with Gasteiger partial charge in [-0.05, 0) is 48.9 Å². The second kappa shape index (κ2) is 7.18. The monoisotopic (exact) mass is 364 g/mol. The van der Waals surface area contributed by atoms with E-state index in [-0.39, 0.29) is 29.1 Å². The Morgan fingerprint density at radius 1 is 0.889 bits per heavy atom. The topological polar surface area (TPSA) is 58.2 Å². The van der Waals surface area contributed by atoms with Gasteiger partial charge in [0, 0.05) is 11.4 Å². The van der Waals surface area contributed by atoms with E-state index < -0.39 is 0 Å². The van der Waals surface area contributed by atoms with E-state index in [0.29, 0.717) is 6.42 Å². The Morgan fingerprint density at radius 2 is 1.48 bits per heavy atom. The van der Waals surface area contributed by atoms with E-state index in [2.05, 4.69) is 31.4 Å². The van der Waals surface area contributed by atoms with Crippen molar-refractivity contribution in [3.63, 3.8) is 0 Å². The van der Waals surface area contributed by atoms with Gasteiger partial charge in [-0.1, -0.05) is 56.7 Å². The lowest BCUT2D eigenvalue weighted by atomic mass is 9.86. The minimum atomic E-state index is -0.260. The number of rotatable bonds is 4. The van der Waals surface area contributed by atoms with Crippen LogP contribution in [0.25, 0.3) is 0 Å². The summed E-state index contributed by atoms with van der Waals surface area (Å²) in [5, 5.41) is 5.99. The van der Waals surface area contributed by atoms with Crippen LogP contribution in [0.4, 0.5) is 11.4 Å². The van der Waals surface area contributed by atoms with Gasteiger partial charge in [0.15, 0.2) is 0 Å². The summed E-state index contributed by atoms with van der Waals surface area (Å²) < 4.78 is 0. The van der Waals surface area contributed by atoms with Crippen LogP contribution < -0.4 is 10.6 Å². The molecule has 2 aromatic rings. The van der Waals surface area contributed by atoms with Crippen LogP contribution >= 0.6 is 0 Å². The summed E-state index contributed by atoms with van der Waals surface area (Å²) >= 11 is 0. The molecule has 0 heterocycles. The third-order valence-corrected chi connectivity index (χ3v) is 5.10. The van der Waals surface area contributed by atoms with E-state index in [9.17, 15) is 9.59 Å². The Bertz CT molecular complexity index is 880. The van der Waals surface area contributed by atoms with Crippen molar-refractivity contribution in [1.82, 2.24) is 0 Å². The molecule has 0 spiro atoms. The van der Waals surface area contributed by atoms with Crippen LogP contribution in [0.1, 0.15) is 43.9 Å². The largest absolute Gasteiger partial charge is 0.326 e. The van der Waals surface area contributed by atoms with Crippen molar-refractivity contribution in [2.45, 2.75) is 46.5 Å². The molecule has 0 radical (unpaired) electrons. The van der Waals surface area contributed by atoms with Crippen LogP contribution in [-0.2, 0) is 15.0 Å². The van der Waals surface area contributed by atoms with E-state index in [1.165, 1.54) is 0 Å². The number of amides is 2. The first-order chi connectivity index (χ1) is 12.7. The molecule has 2 unspecified atom stereocenters. The lowest BCUT2D eigenvalue weighted by molar-refractivity contribution is -0.122. The first-order valence-electron chi connectivity index (χ1n) is 9.45. The summed E-state index contributed by atoms with van der Waals surface area (Å²) in [7, 11) is 0. The minimum Gasteiger partial charge on any atom is -0.326 e. The Labute approximate surface area is 161 Å². The molecule has 142 valence electrons. The number of nitrogens with one attached hydrogen (secondary N) is 2. The van der Waals surface area contributed by atoms with Crippen molar-refractivity contribution >= 4 is 23.2 Å². The SMILES string of the molecule is Cc1ccc(NC(=O)C2CC2C(=O)Nc2ccccc2C(C)(C)C)c(C)c1. The van der Waals surface area contributed by atoms with Crippen molar-refractivity contribution in [3.8, 4) is 0 Å². The Kier molecular flexibility index (Phi) is 5.09. The number of hydrogen-bond donors (Lipinski definition) is 2. The second-order valence-electron chi connectivity index (χ2n) is 8.54. The quantitative estimate of drug-likeness (QED) is 0.817. The van der Waals surface area contributed by atoms with Gasteiger partial charge in [-0.2, -0.15) is 0 Å². The number of carbonyl (C=O) groups excluding carboxylic acids is 2. The molecule has 0 bridgehead atoms. The van der Waals surface area contributed by atoms with E-state index >= 15 is 0 Å². The first kappa shape index (κ1) is 19.2. The third kappa shape index (κ3) is 4.38. The minimum absolute atomic E-state index is 0.0623. The van der Waals surface area contributed by atoms with Gasteiger partial charge in [0.1, 0.15) is 0 Å². The van der Waals surface area contributed by atoms with Crippen LogP contribution in [-0.4, -0.2) is 11.8 Å². The van der Waals surface area contributed by atoms with E-state index in [1.807, 2.05) is 56.3 Å². The van der Waals surface area contributed by atoms with Gasteiger partial charge in [0.05, 0.1) is 11.8 Å². The molecule has 1 saturated carbocycles. The van der Waals surface area contributed by atoms with Crippen molar-refractivity contribution in [3.05, 3.63) is 59.2 Å². The molecule has 1 fully saturated rings. The molecule has 0 aliphatic heterocycles. The van der Waals surface area contributed by atoms with Gasteiger partial charge in [-0.3, -0.25) is 9.59 Å². The molecule has 0 saturated heterocycles. The second-order valence-corrected chi connectivity index (χ2v) is 8.54. The standard InChI is InChI=1S/C23H28N2O2/c1-14-10-11-19(15(2)12-14)24-21(26)16-13-17(16)22(27)25-20-9-7-6-8-18(20)23(3,4)5/h6-12,16-17H,13H2,1-5H3,(H,24,26)(H,25,27). The van der Waals surface area contributed by atoms with Gasteiger partial charge >= 0.3 is 0 Å². The van der Waals surface area contributed by atoms with Gasteiger partial charge in [0.25, 0.3) is 0 Å². The number of anilines is 2. The molecular formula is C23H28N2O2. The molecule has 2 aromatic carbocycles. The maximum absolute atomic E-state index is 12.6. The number of carbonyl (C=O) groups is 2. The van der Waals surface area contributed by atoms with Crippen LogP contribution in [0, 0.1) is 25.7 Å². The maximum Gasteiger partial charge on any atom is 0.228 e. The number of benzene rings is 2. The zero-order chi connectivity index (χ0) is 19.8. The highest BCUT2D eigenvalue weighted by Gasteiger charge is 2.48. The van der Waals surface area contributed by atoms with Gasteiger partial charge in [0.2, 0.25) is 11.8 Å². The summed E-state index contributed by atoms with van der Waals surface area (Å²) in [5.74, 6) is -0.671. The lowest BCUT2D eigenvalue weighted by Crippen LogP contribution is -2.23. The van der Waals surface area contributed by atoms with Crippen LogP contribution in [0.3, 0.4) is 0 Å². The fraction of sp³-hybridized carbons (Fsp3) is 0.391. The van der Waals surface area contributed by atoms with E-state index in [0.717, 1.165) is 28.1 Å². The van der Waals surface area contributed by atoms with Crippen molar-refractivity contribution < 1.29 is 9.59 Å². The average Bonchev–Trinajstić information content (AvgIpc) is 3.38. The number of hydrogen-bond acceptors (Lipinski definition) is 2. The Morgan fingerprint density at radius 3 is 2.07 bits per heavy atom. The fourth-order valence-corrected chi connectivity index (χ4v) is 3.43. The molecule has 4 nitrogen and oxygen atoms in total. The fourth-order valence-electron chi connectivity index (χ4n) is 3.43. The number of aryl methyl sites for hydroxylation is 2. The van der Waals surface area contributed by atoms with Crippen LogP contribution in [0.2, 0.25) is 0 Å². The molecule has 0 aromatic heterocycles. The molecule has 3 rings (SSSR count). The predicted octanol–water partition coefficient (Wildman–Crippen LogP) is 4.81. The summed E-state index contributed by atoms with van der Waals surface area (Å²) in [6, 6.07) is 13.8. The Hall–Kier alpha value is -2.62. The molecule has 4 heteroatoms. The highest BCUT2D eigenvalue weighted by atomic mass is 16.2. The van der Waals surface area contributed by atoms with Crippen molar-refractivity contribution in [1.29, 1.82) is 0 Å². The zero-order valence-electron chi connectivity index (χ0n) is 16.7. The molecule has 2 atom stereocenters. The molecule has 1 aliphatic carbocycles. The summed E-state index contributed by atoms with van der Waals surface area (Å²) in [6.45, 7) is 10.4. The molecule has 1 aliphatic rings. The smallest absolute Gasteiger partial charge is 0.228 e. The first-order valence-corrected chi connectivity index (χ1v) is 9.45. The molecule has 27 heavy (non-hydrogen) atoms. The Balaban J connectivity index is 1.63. The highest BCUT2D eigenvalue weighted by Crippen LogP contribution is 2.41. The van der Waals surface area contributed by atoms with E-state index in [1.54, 1.807) is 0 Å². The van der Waals surface area contributed by atoms with Crippen LogP contribution in [0.15, 0.2) is 42.5 Å². The summed E-state index contributed by atoms with van der Waals surface area (Å²) in [4.78, 5) is 25.2. The summed E-state index contributed by atoms with van der Waals surface area (Å²) in [6.07, 6.45) is 0.597. The third-order valence-electron chi connectivity index (χ3n) is 5.10. The number of para-hydroxylation sites is 1. The van der Waals surface area contributed by atoms with Crippen molar-refractivity contribution in [2.24, 2.45) is 11.8 Å². The molecule has 2 N–H and O–H groups in total. The van der Waals surface area contributed by atoms with E-state index in [4.69, 9.17) is 0 Å². The van der Waals surface area contributed by atoms with Gasteiger partial charge in [-0.15, -0.1) is 0 Å². The van der Waals surface area contributed by atoms with Crippen molar-refractivity contribution in [2.75, 3.05) is 10.6 Å².